The number of hydrogen-bond acceptors (Lipinski definition) is 6. The van der Waals surface area contributed by atoms with Gasteiger partial charge in [-0.05, 0) is 25.0 Å². The second-order valence-electron chi connectivity index (χ2n) is 6.25. The molecule has 9 heteroatoms. The van der Waals surface area contributed by atoms with Crippen molar-refractivity contribution in [3.05, 3.63) is 18.3 Å². The molecule has 1 aliphatic heterocycles. The first kappa shape index (κ1) is 20.2. The largest absolute Gasteiger partial charge is 0.379 e. The molecule has 1 fully saturated rings. The number of morpholine rings is 1. The Hall–Kier alpha value is -1.16. The minimum absolute atomic E-state index is 0.0504. The van der Waals surface area contributed by atoms with Gasteiger partial charge in [-0.1, -0.05) is 25.6 Å². The number of ether oxygens (including phenoxy) is 1. The lowest BCUT2D eigenvalue weighted by Gasteiger charge is -2.25. The van der Waals surface area contributed by atoms with E-state index in [-0.39, 0.29) is 16.1 Å². The Morgan fingerprint density at radius 1 is 1.32 bits per heavy atom. The Balaban J connectivity index is 1.98. The van der Waals surface area contributed by atoms with Gasteiger partial charge >= 0.3 is 0 Å². The minimum atomic E-state index is -3.54. The lowest BCUT2D eigenvalue weighted by atomic mass is 10.2. The van der Waals surface area contributed by atoms with Crippen LogP contribution in [0.15, 0.2) is 28.3 Å². The molecular formula is C16H25N3O4S2. The topological polar surface area (TPSA) is 88.6 Å². The predicted molar refractivity (Wildman–Crippen MR) is 97.0 cm³/mol. The third-order valence-corrected chi connectivity index (χ3v) is 6.60. The molecule has 140 valence electrons. The number of nitrogens with one attached hydrogen (secondary N) is 1. The van der Waals surface area contributed by atoms with Gasteiger partial charge in [0.2, 0.25) is 15.9 Å². The van der Waals surface area contributed by atoms with E-state index in [1.165, 1.54) is 22.3 Å². The summed E-state index contributed by atoms with van der Waals surface area (Å²) in [5.41, 5.74) is 0. The number of carbonyl (C=O) groups excluding carboxylic acids is 1. The maximum absolute atomic E-state index is 12.5. The summed E-state index contributed by atoms with van der Waals surface area (Å²) in [5.74, 6) is 0.342. The molecular weight excluding hydrogens is 362 g/mol. The maximum Gasteiger partial charge on any atom is 0.244 e. The van der Waals surface area contributed by atoms with Crippen molar-refractivity contribution in [2.24, 2.45) is 5.92 Å². The summed E-state index contributed by atoms with van der Waals surface area (Å²) >= 11 is 1.31. The van der Waals surface area contributed by atoms with Crippen molar-refractivity contribution in [1.29, 1.82) is 0 Å². The average molecular weight is 388 g/mol. The summed E-state index contributed by atoms with van der Waals surface area (Å²) in [6.45, 7) is 8.03. The number of sulfonamides is 1. The molecule has 0 bridgehead atoms. The Morgan fingerprint density at radius 3 is 2.56 bits per heavy atom. The van der Waals surface area contributed by atoms with Crippen molar-refractivity contribution in [2.45, 2.75) is 35.9 Å². The van der Waals surface area contributed by atoms with Crippen LogP contribution in [0, 0.1) is 5.92 Å². The van der Waals surface area contributed by atoms with E-state index in [2.05, 4.69) is 10.3 Å². The van der Waals surface area contributed by atoms with Crippen LogP contribution in [0.4, 0.5) is 0 Å². The van der Waals surface area contributed by atoms with E-state index in [1.54, 1.807) is 19.1 Å². The van der Waals surface area contributed by atoms with Crippen molar-refractivity contribution in [3.63, 3.8) is 0 Å². The molecule has 2 rings (SSSR count). The first-order valence-corrected chi connectivity index (χ1v) is 10.6. The highest BCUT2D eigenvalue weighted by atomic mass is 32.2. The van der Waals surface area contributed by atoms with Gasteiger partial charge in [0.05, 0.1) is 23.5 Å². The van der Waals surface area contributed by atoms with Crippen LogP contribution in [0.1, 0.15) is 20.8 Å². The molecule has 0 unspecified atom stereocenters. The van der Waals surface area contributed by atoms with Gasteiger partial charge in [0, 0.05) is 25.8 Å². The molecule has 0 radical (unpaired) electrons. The summed E-state index contributed by atoms with van der Waals surface area (Å²) < 4.78 is 31.7. The van der Waals surface area contributed by atoms with Gasteiger partial charge in [0.1, 0.15) is 4.90 Å². The third-order valence-electron chi connectivity index (χ3n) is 3.67. The normalized spacial score (nSPS) is 17.4. The Kier molecular flexibility index (Phi) is 7.24. The van der Waals surface area contributed by atoms with Crippen LogP contribution in [0.3, 0.4) is 0 Å². The number of aromatic nitrogens is 1. The van der Waals surface area contributed by atoms with E-state index in [1.807, 2.05) is 13.8 Å². The van der Waals surface area contributed by atoms with Gasteiger partial charge in [0.15, 0.2) is 0 Å². The summed E-state index contributed by atoms with van der Waals surface area (Å²) in [4.78, 5) is 16.4. The Bertz CT molecular complexity index is 671. The second kappa shape index (κ2) is 8.98. The molecule has 25 heavy (non-hydrogen) atoms. The van der Waals surface area contributed by atoms with Crippen LogP contribution in [0.2, 0.25) is 0 Å². The number of rotatable bonds is 7. The smallest absolute Gasteiger partial charge is 0.244 e. The van der Waals surface area contributed by atoms with E-state index < -0.39 is 10.0 Å². The monoisotopic (exact) mass is 387 g/mol. The number of thioether (sulfide) groups is 1. The molecule has 1 amide bonds. The minimum Gasteiger partial charge on any atom is -0.379 e. The molecule has 1 aromatic heterocycles. The number of pyridine rings is 1. The van der Waals surface area contributed by atoms with Gasteiger partial charge in [-0.3, -0.25) is 4.79 Å². The lowest BCUT2D eigenvalue weighted by Crippen LogP contribution is -2.40. The van der Waals surface area contributed by atoms with Crippen LogP contribution in [0.25, 0.3) is 0 Å². The van der Waals surface area contributed by atoms with E-state index in [4.69, 9.17) is 4.74 Å². The fraction of sp³-hybridized carbons (Fsp3) is 0.625. The molecule has 0 aromatic carbocycles. The predicted octanol–water partition coefficient (Wildman–Crippen LogP) is 1.36. The summed E-state index contributed by atoms with van der Waals surface area (Å²) in [7, 11) is -3.54. The standard InChI is InChI=1S/C16H25N3O4S2/c1-12(2)10-18-16(20)13(3)24-15-5-4-14(11-17-15)25(21,22)19-6-8-23-9-7-19/h4-5,11-13H,6-10H2,1-3H3,(H,18,20)/t13-/m0/s1. The first-order chi connectivity index (χ1) is 11.8. The fourth-order valence-corrected chi connectivity index (χ4v) is 4.37. The molecule has 1 N–H and O–H groups in total. The lowest BCUT2D eigenvalue weighted by molar-refractivity contribution is -0.120. The first-order valence-electron chi connectivity index (χ1n) is 8.29. The van der Waals surface area contributed by atoms with Crippen molar-refractivity contribution >= 4 is 27.7 Å². The number of amides is 1. The molecule has 0 aliphatic carbocycles. The van der Waals surface area contributed by atoms with Crippen molar-refractivity contribution in [3.8, 4) is 0 Å². The molecule has 1 atom stereocenters. The van der Waals surface area contributed by atoms with Crippen LogP contribution >= 0.6 is 11.8 Å². The zero-order valence-electron chi connectivity index (χ0n) is 14.8. The van der Waals surface area contributed by atoms with Crippen LogP contribution in [-0.4, -0.2) is 61.7 Å². The fourth-order valence-electron chi connectivity index (χ4n) is 2.21. The van der Waals surface area contributed by atoms with Crippen molar-refractivity contribution in [1.82, 2.24) is 14.6 Å². The van der Waals surface area contributed by atoms with Crippen LogP contribution < -0.4 is 5.32 Å². The van der Waals surface area contributed by atoms with Crippen molar-refractivity contribution < 1.29 is 17.9 Å². The summed E-state index contributed by atoms with van der Waals surface area (Å²) in [6.07, 6.45) is 1.35. The Labute approximate surface area is 153 Å². The van der Waals surface area contributed by atoms with E-state index in [0.717, 1.165) is 0 Å². The molecule has 1 saturated heterocycles. The van der Waals surface area contributed by atoms with Gasteiger partial charge in [-0.2, -0.15) is 4.31 Å². The highest BCUT2D eigenvalue weighted by Gasteiger charge is 2.26. The molecule has 1 aromatic rings. The van der Waals surface area contributed by atoms with E-state index >= 15 is 0 Å². The number of hydrogen-bond donors (Lipinski definition) is 1. The zero-order chi connectivity index (χ0) is 18.4. The van der Waals surface area contributed by atoms with E-state index in [9.17, 15) is 13.2 Å². The second-order valence-corrected chi connectivity index (χ2v) is 9.55. The SMILES string of the molecule is CC(C)CNC(=O)[C@H](C)Sc1ccc(S(=O)(=O)N2CCOCC2)cn1. The zero-order valence-corrected chi connectivity index (χ0v) is 16.4. The Morgan fingerprint density at radius 2 is 2.00 bits per heavy atom. The van der Waals surface area contributed by atoms with Crippen LogP contribution in [0.5, 0.6) is 0 Å². The molecule has 7 nitrogen and oxygen atoms in total. The summed E-state index contributed by atoms with van der Waals surface area (Å²) in [5, 5.41) is 3.20. The highest BCUT2D eigenvalue weighted by Crippen LogP contribution is 2.23. The van der Waals surface area contributed by atoms with Gasteiger partial charge in [-0.25, -0.2) is 13.4 Å². The molecule has 1 aliphatic rings. The van der Waals surface area contributed by atoms with Crippen molar-refractivity contribution in [2.75, 3.05) is 32.8 Å². The van der Waals surface area contributed by atoms with Gasteiger partial charge in [-0.15, -0.1) is 0 Å². The molecule has 0 saturated carbocycles. The number of carbonyl (C=O) groups is 1. The quantitative estimate of drug-likeness (QED) is 0.711. The molecule has 0 spiro atoms. The third kappa shape index (κ3) is 5.67. The highest BCUT2D eigenvalue weighted by molar-refractivity contribution is 8.00. The number of nitrogens with zero attached hydrogens (tertiary/aromatic N) is 2. The van der Waals surface area contributed by atoms with Gasteiger partial charge < -0.3 is 10.1 Å². The van der Waals surface area contributed by atoms with E-state index in [0.29, 0.717) is 43.8 Å². The van der Waals surface area contributed by atoms with Gasteiger partial charge in [0.25, 0.3) is 0 Å². The molecule has 2 heterocycles. The van der Waals surface area contributed by atoms with Crippen LogP contribution in [-0.2, 0) is 19.6 Å². The maximum atomic E-state index is 12.5. The summed E-state index contributed by atoms with van der Waals surface area (Å²) in [6, 6.07) is 3.18. The average Bonchev–Trinajstić information content (AvgIpc) is 2.60.